The highest BCUT2D eigenvalue weighted by Crippen LogP contribution is 2.53. The van der Waals surface area contributed by atoms with E-state index in [-0.39, 0.29) is 5.60 Å². The molecule has 2 unspecified atom stereocenters. The molecule has 0 amide bonds. The van der Waals surface area contributed by atoms with Gasteiger partial charge in [-0.3, -0.25) is 4.90 Å². The van der Waals surface area contributed by atoms with Crippen LogP contribution < -0.4 is 19.5 Å². The summed E-state index contributed by atoms with van der Waals surface area (Å²) < 4.78 is 17.8. The molecule has 118 valence electrons. The molecule has 1 N–H and O–H groups in total. The smallest absolute Gasteiger partial charge is 0.231 e. The molecular formula is C17H22N2O3. The average molecular weight is 302 g/mol. The van der Waals surface area contributed by atoms with E-state index in [4.69, 9.17) is 14.2 Å². The molecule has 2 fully saturated rings. The molecule has 0 aromatic heterocycles. The third-order valence-corrected chi connectivity index (χ3v) is 5.55. The van der Waals surface area contributed by atoms with Gasteiger partial charge in [0.25, 0.3) is 0 Å². The summed E-state index contributed by atoms with van der Waals surface area (Å²) >= 11 is 0. The Hall–Kier alpha value is -1.46. The van der Waals surface area contributed by atoms with Crippen molar-refractivity contribution in [1.82, 2.24) is 10.2 Å². The second kappa shape index (κ2) is 4.77. The normalized spacial score (nSPS) is 33.2. The molecule has 0 bridgehead atoms. The molecule has 0 aliphatic carbocycles. The Balaban J connectivity index is 1.61. The van der Waals surface area contributed by atoms with Crippen molar-refractivity contribution in [2.45, 2.75) is 37.3 Å². The van der Waals surface area contributed by atoms with Crippen molar-refractivity contribution >= 4 is 0 Å². The Morgan fingerprint density at radius 3 is 2.86 bits per heavy atom. The molecule has 0 radical (unpaired) electrons. The van der Waals surface area contributed by atoms with Crippen molar-refractivity contribution < 1.29 is 14.2 Å². The first kappa shape index (κ1) is 13.0. The number of likely N-dealkylation sites (tertiary alicyclic amines) is 1. The molecule has 4 aliphatic heterocycles. The molecule has 2 atom stereocenters. The summed E-state index contributed by atoms with van der Waals surface area (Å²) in [6.45, 7) is 4.66. The predicted molar refractivity (Wildman–Crippen MR) is 81.6 cm³/mol. The van der Waals surface area contributed by atoms with Gasteiger partial charge in [-0.05, 0) is 44.6 Å². The van der Waals surface area contributed by atoms with Crippen molar-refractivity contribution in [2.75, 3.05) is 33.0 Å². The van der Waals surface area contributed by atoms with Crippen LogP contribution in [0.2, 0.25) is 0 Å². The van der Waals surface area contributed by atoms with Crippen LogP contribution in [0, 0.1) is 0 Å². The SMILES string of the molecule is c1cc2c(c3c1OCO3)OC1(CCNC1)CC2N1CCCC1. The average Bonchev–Trinajstić information content (AvgIpc) is 3.28. The zero-order valence-electron chi connectivity index (χ0n) is 12.8. The number of ether oxygens (including phenoxy) is 3. The van der Waals surface area contributed by atoms with Gasteiger partial charge in [0.15, 0.2) is 11.5 Å². The van der Waals surface area contributed by atoms with Gasteiger partial charge in [0.1, 0.15) is 5.60 Å². The zero-order chi connectivity index (χ0) is 14.6. The highest BCUT2D eigenvalue weighted by atomic mass is 16.7. The van der Waals surface area contributed by atoms with Crippen molar-refractivity contribution in [3.63, 3.8) is 0 Å². The molecule has 4 heterocycles. The van der Waals surface area contributed by atoms with Crippen LogP contribution in [-0.4, -0.2) is 43.5 Å². The van der Waals surface area contributed by atoms with Crippen LogP contribution in [0.25, 0.3) is 0 Å². The van der Waals surface area contributed by atoms with Gasteiger partial charge in [0, 0.05) is 31.0 Å². The Morgan fingerprint density at radius 1 is 1.14 bits per heavy atom. The fraction of sp³-hybridized carbons (Fsp3) is 0.647. The fourth-order valence-electron chi connectivity index (χ4n) is 4.41. The van der Waals surface area contributed by atoms with E-state index in [2.05, 4.69) is 16.3 Å². The van der Waals surface area contributed by atoms with Crippen molar-refractivity contribution in [3.8, 4) is 17.2 Å². The van der Waals surface area contributed by atoms with Gasteiger partial charge >= 0.3 is 0 Å². The van der Waals surface area contributed by atoms with Crippen LogP contribution >= 0.6 is 0 Å². The molecule has 0 saturated carbocycles. The minimum atomic E-state index is -0.0820. The Labute approximate surface area is 130 Å². The first-order valence-corrected chi connectivity index (χ1v) is 8.41. The third kappa shape index (κ3) is 1.85. The Bertz CT molecular complexity index is 592. The van der Waals surface area contributed by atoms with E-state index in [9.17, 15) is 0 Å². The van der Waals surface area contributed by atoms with Gasteiger partial charge < -0.3 is 19.5 Å². The van der Waals surface area contributed by atoms with Crippen molar-refractivity contribution in [3.05, 3.63) is 17.7 Å². The number of benzene rings is 1. The molecule has 5 nitrogen and oxygen atoms in total. The minimum absolute atomic E-state index is 0.0820. The maximum absolute atomic E-state index is 6.52. The van der Waals surface area contributed by atoms with Crippen LogP contribution in [0.3, 0.4) is 0 Å². The third-order valence-electron chi connectivity index (χ3n) is 5.55. The second-order valence-electron chi connectivity index (χ2n) is 6.89. The summed E-state index contributed by atoms with van der Waals surface area (Å²) in [6, 6.07) is 4.67. The molecule has 1 aromatic rings. The lowest BCUT2D eigenvalue weighted by atomic mass is 9.85. The molecule has 22 heavy (non-hydrogen) atoms. The highest BCUT2D eigenvalue weighted by Gasteiger charge is 2.47. The summed E-state index contributed by atoms with van der Waals surface area (Å²) in [5.41, 5.74) is 1.20. The molecule has 5 rings (SSSR count). The summed E-state index contributed by atoms with van der Waals surface area (Å²) in [5.74, 6) is 2.57. The molecule has 4 aliphatic rings. The van der Waals surface area contributed by atoms with Crippen LogP contribution in [0.5, 0.6) is 17.2 Å². The number of fused-ring (bicyclic) bond motifs is 3. The summed E-state index contributed by atoms with van der Waals surface area (Å²) in [6.07, 6.45) is 4.76. The number of rotatable bonds is 1. The first-order chi connectivity index (χ1) is 10.8. The first-order valence-electron chi connectivity index (χ1n) is 8.41. The lowest BCUT2D eigenvalue weighted by Gasteiger charge is -2.43. The maximum Gasteiger partial charge on any atom is 0.231 e. The molecular weight excluding hydrogens is 280 g/mol. The summed E-state index contributed by atoms with van der Waals surface area (Å²) in [7, 11) is 0. The van der Waals surface area contributed by atoms with Gasteiger partial charge in [-0.1, -0.05) is 0 Å². The van der Waals surface area contributed by atoms with E-state index < -0.39 is 0 Å². The van der Waals surface area contributed by atoms with E-state index >= 15 is 0 Å². The maximum atomic E-state index is 6.52. The molecule has 1 aromatic carbocycles. The van der Waals surface area contributed by atoms with E-state index in [1.54, 1.807) is 0 Å². The van der Waals surface area contributed by atoms with Crippen molar-refractivity contribution in [2.24, 2.45) is 0 Å². The van der Waals surface area contributed by atoms with Crippen LogP contribution in [0.15, 0.2) is 12.1 Å². The highest BCUT2D eigenvalue weighted by molar-refractivity contribution is 5.59. The van der Waals surface area contributed by atoms with Gasteiger partial charge in [0.05, 0.1) is 0 Å². The van der Waals surface area contributed by atoms with Gasteiger partial charge in [0.2, 0.25) is 12.5 Å². The predicted octanol–water partition coefficient (Wildman–Crippen LogP) is 2.07. The topological polar surface area (TPSA) is 43.0 Å². The monoisotopic (exact) mass is 302 g/mol. The number of hydrogen-bond acceptors (Lipinski definition) is 5. The standard InChI is InChI=1S/C17H22N2O3/c1-2-8-19(7-1)13-9-17(5-6-18-10-17)22-15-12(13)3-4-14-16(15)21-11-20-14/h3-4,13,18H,1-2,5-11H2. The van der Waals surface area contributed by atoms with Crippen LogP contribution in [0.4, 0.5) is 0 Å². The Kier molecular flexibility index (Phi) is 2.82. The lowest BCUT2D eigenvalue weighted by molar-refractivity contribution is 0.0198. The van der Waals surface area contributed by atoms with E-state index in [0.717, 1.165) is 43.2 Å². The van der Waals surface area contributed by atoms with Crippen LogP contribution in [-0.2, 0) is 0 Å². The zero-order valence-corrected chi connectivity index (χ0v) is 12.8. The van der Waals surface area contributed by atoms with Crippen molar-refractivity contribution in [1.29, 1.82) is 0 Å². The summed E-state index contributed by atoms with van der Waals surface area (Å²) in [4.78, 5) is 2.63. The largest absolute Gasteiger partial charge is 0.481 e. The quantitative estimate of drug-likeness (QED) is 0.860. The number of hydrogen-bond donors (Lipinski definition) is 1. The molecule has 2 saturated heterocycles. The lowest BCUT2D eigenvalue weighted by Crippen LogP contribution is -2.46. The Morgan fingerprint density at radius 2 is 2.05 bits per heavy atom. The van der Waals surface area contributed by atoms with E-state index in [1.165, 1.54) is 31.5 Å². The molecule has 1 spiro atoms. The number of nitrogens with zero attached hydrogens (tertiary/aromatic N) is 1. The van der Waals surface area contributed by atoms with E-state index in [1.807, 2.05) is 6.07 Å². The molecule has 5 heteroatoms. The van der Waals surface area contributed by atoms with Gasteiger partial charge in [-0.15, -0.1) is 0 Å². The van der Waals surface area contributed by atoms with E-state index in [0.29, 0.717) is 12.8 Å². The fourth-order valence-corrected chi connectivity index (χ4v) is 4.41. The number of nitrogens with one attached hydrogen (secondary N) is 1. The summed E-state index contributed by atoms with van der Waals surface area (Å²) in [5, 5.41) is 3.48. The van der Waals surface area contributed by atoms with Crippen LogP contribution in [0.1, 0.15) is 37.3 Å². The second-order valence-corrected chi connectivity index (χ2v) is 6.89. The minimum Gasteiger partial charge on any atom is -0.481 e. The van der Waals surface area contributed by atoms with Gasteiger partial charge in [-0.2, -0.15) is 0 Å². The van der Waals surface area contributed by atoms with Gasteiger partial charge in [-0.25, -0.2) is 0 Å².